The molecule has 0 unspecified atom stereocenters. The molecular formula is C23H25Cl2N3O2. The Kier molecular flexibility index (Phi) is 6.49. The van der Waals surface area contributed by atoms with Crippen molar-refractivity contribution in [3.63, 3.8) is 0 Å². The zero-order valence-corrected chi connectivity index (χ0v) is 18.3. The molecule has 2 aliphatic rings. The molecule has 30 heavy (non-hydrogen) atoms. The van der Waals surface area contributed by atoms with Gasteiger partial charge in [0.2, 0.25) is 5.91 Å². The topological polar surface area (TPSA) is 43.9 Å². The average molecular weight is 446 g/mol. The molecule has 0 aromatic heterocycles. The number of nitrogens with zero attached hydrogens (tertiary/aromatic N) is 3. The quantitative estimate of drug-likeness (QED) is 0.710. The van der Waals surface area contributed by atoms with Gasteiger partial charge in [-0.15, -0.1) is 0 Å². The molecule has 0 saturated carbocycles. The van der Waals surface area contributed by atoms with Crippen LogP contribution in [-0.4, -0.2) is 60.9 Å². The zero-order valence-electron chi connectivity index (χ0n) is 16.8. The summed E-state index contributed by atoms with van der Waals surface area (Å²) in [7, 11) is 0. The summed E-state index contributed by atoms with van der Waals surface area (Å²) < 4.78 is 0. The van der Waals surface area contributed by atoms with E-state index in [9.17, 15) is 9.59 Å². The van der Waals surface area contributed by atoms with Crippen molar-refractivity contribution < 1.29 is 9.59 Å². The van der Waals surface area contributed by atoms with Gasteiger partial charge in [-0.05, 0) is 55.3 Å². The van der Waals surface area contributed by atoms with E-state index in [2.05, 4.69) is 11.0 Å². The van der Waals surface area contributed by atoms with Crippen LogP contribution in [0, 0.1) is 5.92 Å². The number of amides is 2. The number of halogens is 2. The highest BCUT2D eigenvalue weighted by molar-refractivity contribution is 6.31. The van der Waals surface area contributed by atoms with Gasteiger partial charge in [-0.1, -0.05) is 29.3 Å². The lowest BCUT2D eigenvalue weighted by Gasteiger charge is -2.39. The predicted octanol–water partition coefficient (Wildman–Crippen LogP) is 4.19. The van der Waals surface area contributed by atoms with Gasteiger partial charge in [-0.3, -0.25) is 9.59 Å². The minimum atomic E-state index is -0.00279. The number of carbonyl (C=O) groups is 2. The number of piperidine rings is 1. The maximum atomic E-state index is 13.0. The Labute approximate surface area is 187 Å². The first-order chi connectivity index (χ1) is 14.5. The molecule has 4 rings (SSSR count). The highest BCUT2D eigenvalue weighted by atomic mass is 35.5. The van der Waals surface area contributed by atoms with Crippen molar-refractivity contribution >= 4 is 40.7 Å². The van der Waals surface area contributed by atoms with E-state index in [4.69, 9.17) is 23.2 Å². The van der Waals surface area contributed by atoms with Crippen LogP contribution >= 0.6 is 23.2 Å². The molecular weight excluding hydrogens is 421 g/mol. The van der Waals surface area contributed by atoms with E-state index in [1.54, 1.807) is 24.3 Å². The molecule has 2 aromatic rings. The molecule has 2 amide bonds. The van der Waals surface area contributed by atoms with Gasteiger partial charge in [0.15, 0.2) is 0 Å². The van der Waals surface area contributed by atoms with Crippen molar-refractivity contribution in [3.8, 4) is 0 Å². The van der Waals surface area contributed by atoms with Crippen molar-refractivity contribution in [3.05, 3.63) is 64.1 Å². The van der Waals surface area contributed by atoms with Crippen LogP contribution in [0.25, 0.3) is 0 Å². The highest BCUT2D eigenvalue weighted by Gasteiger charge is 2.32. The van der Waals surface area contributed by atoms with Crippen molar-refractivity contribution in [2.45, 2.75) is 12.8 Å². The molecule has 5 nitrogen and oxygen atoms in total. The minimum absolute atomic E-state index is 0.00279. The van der Waals surface area contributed by atoms with Crippen molar-refractivity contribution in [2.75, 3.05) is 44.2 Å². The average Bonchev–Trinajstić information content (AvgIpc) is 2.79. The third kappa shape index (κ3) is 4.73. The number of hydrogen-bond acceptors (Lipinski definition) is 3. The van der Waals surface area contributed by atoms with Gasteiger partial charge in [0, 0.05) is 66.5 Å². The molecule has 0 radical (unpaired) electrons. The van der Waals surface area contributed by atoms with E-state index in [0.29, 0.717) is 36.5 Å². The lowest BCUT2D eigenvalue weighted by Crippen LogP contribution is -2.52. The van der Waals surface area contributed by atoms with Crippen molar-refractivity contribution in [1.29, 1.82) is 0 Å². The van der Waals surface area contributed by atoms with E-state index in [0.717, 1.165) is 36.9 Å². The van der Waals surface area contributed by atoms with E-state index in [1.807, 2.05) is 28.0 Å². The second-order valence-corrected chi connectivity index (χ2v) is 8.74. The molecule has 158 valence electrons. The molecule has 0 aliphatic carbocycles. The molecule has 0 bridgehead atoms. The third-order valence-corrected chi connectivity index (χ3v) is 6.47. The first-order valence-corrected chi connectivity index (χ1v) is 11.1. The molecule has 0 atom stereocenters. The second-order valence-electron chi connectivity index (χ2n) is 7.87. The van der Waals surface area contributed by atoms with Crippen LogP contribution in [0.5, 0.6) is 0 Å². The van der Waals surface area contributed by atoms with Crippen LogP contribution < -0.4 is 4.90 Å². The van der Waals surface area contributed by atoms with Crippen LogP contribution in [0.1, 0.15) is 23.2 Å². The number of benzene rings is 2. The summed E-state index contributed by atoms with van der Waals surface area (Å²) in [6, 6.07) is 14.8. The standard InChI is InChI=1S/C23H25Cl2N3O2/c24-19-6-4-17(5-7-19)22(29)27-10-8-18(9-11-27)23(30)28-14-12-26(13-15-28)21-3-1-2-20(25)16-21/h1-7,16,18H,8-15H2. The smallest absolute Gasteiger partial charge is 0.253 e. The van der Waals surface area contributed by atoms with Crippen molar-refractivity contribution in [2.24, 2.45) is 5.92 Å². The van der Waals surface area contributed by atoms with Crippen LogP contribution in [0.3, 0.4) is 0 Å². The van der Waals surface area contributed by atoms with Gasteiger partial charge in [-0.25, -0.2) is 0 Å². The van der Waals surface area contributed by atoms with E-state index >= 15 is 0 Å². The first-order valence-electron chi connectivity index (χ1n) is 10.4. The Morgan fingerprint density at radius 2 is 1.43 bits per heavy atom. The fourth-order valence-electron chi connectivity index (χ4n) is 4.22. The predicted molar refractivity (Wildman–Crippen MR) is 120 cm³/mol. The Hall–Kier alpha value is -2.24. The monoisotopic (exact) mass is 445 g/mol. The largest absolute Gasteiger partial charge is 0.368 e. The molecule has 2 fully saturated rings. The van der Waals surface area contributed by atoms with Gasteiger partial charge in [0.05, 0.1) is 0 Å². The Morgan fingerprint density at radius 1 is 0.767 bits per heavy atom. The number of piperazine rings is 1. The van der Waals surface area contributed by atoms with Crippen LogP contribution in [-0.2, 0) is 4.79 Å². The lowest BCUT2D eigenvalue weighted by molar-refractivity contribution is -0.137. The molecule has 2 saturated heterocycles. The van der Waals surface area contributed by atoms with Gasteiger partial charge < -0.3 is 14.7 Å². The normalized spacial score (nSPS) is 17.9. The second kappa shape index (κ2) is 9.27. The van der Waals surface area contributed by atoms with Crippen molar-refractivity contribution in [1.82, 2.24) is 9.80 Å². The number of rotatable bonds is 3. The Morgan fingerprint density at radius 3 is 2.07 bits per heavy atom. The molecule has 2 aromatic carbocycles. The maximum absolute atomic E-state index is 13.0. The summed E-state index contributed by atoms with van der Waals surface area (Å²) in [6.07, 6.45) is 1.43. The Bertz CT molecular complexity index is 903. The maximum Gasteiger partial charge on any atom is 0.253 e. The van der Waals surface area contributed by atoms with E-state index in [-0.39, 0.29) is 17.7 Å². The fraction of sp³-hybridized carbons (Fsp3) is 0.391. The van der Waals surface area contributed by atoms with Gasteiger partial charge in [0.1, 0.15) is 0 Å². The number of carbonyl (C=O) groups excluding carboxylic acids is 2. The van der Waals surface area contributed by atoms with Gasteiger partial charge in [0.25, 0.3) is 5.91 Å². The summed E-state index contributed by atoms with van der Waals surface area (Å²) in [4.78, 5) is 31.7. The molecule has 2 aliphatic heterocycles. The summed E-state index contributed by atoms with van der Waals surface area (Å²) in [5, 5.41) is 1.34. The number of likely N-dealkylation sites (tertiary alicyclic amines) is 1. The summed E-state index contributed by atoms with van der Waals surface area (Å²) in [6.45, 7) is 4.27. The van der Waals surface area contributed by atoms with Gasteiger partial charge in [-0.2, -0.15) is 0 Å². The SMILES string of the molecule is O=C(c1ccc(Cl)cc1)N1CCC(C(=O)N2CCN(c3cccc(Cl)c3)CC2)CC1. The lowest BCUT2D eigenvalue weighted by atomic mass is 9.94. The summed E-state index contributed by atoms with van der Waals surface area (Å²) >= 11 is 12.0. The molecule has 0 N–H and O–H groups in total. The highest BCUT2D eigenvalue weighted by Crippen LogP contribution is 2.24. The third-order valence-electron chi connectivity index (χ3n) is 5.99. The van der Waals surface area contributed by atoms with Crippen LogP contribution in [0.15, 0.2) is 48.5 Å². The minimum Gasteiger partial charge on any atom is -0.368 e. The van der Waals surface area contributed by atoms with E-state index in [1.165, 1.54) is 0 Å². The van der Waals surface area contributed by atoms with Gasteiger partial charge >= 0.3 is 0 Å². The molecule has 0 spiro atoms. The van der Waals surface area contributed by atoms with Crippen LogP contribution in [0.4, 0.5) is 5.69 Å². The van der Waals surface area contributed by atoms with E-state index < -0.39 is 0 Å². The number of hydrogen-bond donors (Lipinski definition) is 0. The molecule has 2 heterocycles. The first kappa shape index (κ1) is 21.0. The fourth-order valence-corrected chi connectivity index (χ4v) is 4.53. The summed E-state index contributed by atoms with van der Waals surface area (Å²) in [5.74, 6) is 0.226. The summed E-state index contributed by atoms with van der Waals surface area (Å²) in [5.41, 5.74) is 1.74. The molecule has 7 heteroatoms. The number of anilines is 1. The Balaban J connectivity index is 1.27. The van der Waals surface area contributed by atoms with Crippen LogP contribution in [0.2, 0.25) is 10.0 Å². The zero-order chi connectivity index (χ0) is 21.1.